The van der Waals surface area contributed by atoms with Crippen molar-refractivity contribution in [2.45, 2.75) is 31.2 Å². The van der Waals surface area contributed by atoms with Crippen molar-refractivity contribution < 1.29 is 17.9 Å². The van der Waals surface area contributed by atoms with Crippen LogP contribution >= 0.6 is 22.6 Å². The zero-order chi connectivity index (χ0) is 15.3. The maximum Gasteiger partial charge on any atom is 0.323 e. The summed E-state index contributed by atoms with van der Waals surface area (Å²) in [5.74, 6) is -0.412. The Bertz CT molecular complexity index is 571. The number of nitrogens with one attached hydrogen (secondary N) is 1. The number of methoxy groups -OCH3 is 1. The number of carbonyl (C=O) groups is 1. The zero-order valence-electron chi connectivity index (χ0n) is 11.6. The van der Waals surface area contributed by atoms with E-state index in [9.17, 15) is 13.2 Å². The normalized spacial score (nSPS) is 13.2. The van der Waals surface area contributed by atoms with Crippen molar-refractivity contribution in [2.75, 3.05) is 7.11 Å². The summed E-state index contributed by atoms with van der Waals surface area (Å²) in [5, 5.41) is 0. The molecule has 1 aromatic rings. The van der Waals surface area contributed by atoms with Gasteiger partial charge in [-0.25, -0.2) is 8.42 Å². The van der Waals surface area contributed by atoms with Crippen molar-refractivity contribution in [1.82, 2.24) is 4.72 Å². The molecule has 112 valence electrons. The lowest BCUT2D eigenvalue weighted by Crippen LogP contribution is -2.42. The SMILES string of the molecule is COC(=O)C(CC(C)C)NS(=O)(=O)c1ccccc1I. The summed E-state index contributed by atoms with van der Waals surface area (Å²) in [6.07, 6.45) is 0.384. The van der Waals surface area contributed by atoms with E-state index in [1.54, 1.807) is 18.2 Å². The first-order chi connectivity index (χ1) is 9.27. The molecule has 0 aliphatic carbocycles. The Morgan fingerprint density at radius 2 is 1.95 bits per heavy atom. The smallest absolute Gasteiger partial charge is 0.323 e. The molecule has 0 aromatic heterocycles. The van der Waals surface area contributed by atoms with E-state index in [4.69, 9.17) is 0 Å². The van der Waals surface area contributed by atoms with Crippen LogP contribution in [0.2, 0.25) is 0 Å². The van der Waals surface area contributed by atoms with Crippen molar-refractivity contribution in [3.63, 3.8) is 0 Å². The van der Waals surface area contributed by atoms with Crippen LogP contribution in [0.4, 0.5) is 0 Å². The number of ether oxygens (including phenoxy) is 1. The molecular weight excluding hydrogens is 393 g/mol. The summed E-state index contributed by atoms with van der Waals surface area (Å²) >= 11 is 1.95. The highest BCUT2D eigenvalue weighted by atomic mass is 127. The molecule has 5 nitrogen and oxygen atoms in total. The quantitative estimate of drug-likeness (QED) is 0.575. The van der Waals surface area contributed by atoms with Gasteiger partial charge >= 0.3 is 5.97 Å². The summed E-state index contributed by atoms with van der Waals surface area (Å²) in [5.41, 5.74) is 0. The van der Waals surface area contributed by atoms with E-state index in [0.717, 1.165) is 0 Å². The van der Waals surface area contributed by atoms with E-state index in [1.165, 1.54) is 13.2 Å². The molecule has 0 saturated carbocycles. The highest BCUT2D eigenvalue weighted by molar-refractivity contribution is 14.1. The fourth-order valence-electron chi connectivity index (χ4n) is 1.72. The van der Waals surface area contributed by atoms with Crippen LogP contribution in [0.1, 0.15) is 20.3 Å². The third-order valence-corrected chi connectivity index (χ3v) is 5.45. The molecule has 1 atom stereocenters. The molecule has 1 aromatic carbocycles. The fraction of sp³-hybridized carbons (Fsp3) is 0.462. The lowest BCUT2D eigenvalue weighted by Gasteiger charge is -2.18. The molecule has 1 rings (SSSR count). The highest BCUT2D eigenvalue weighted by Crippen LogP contribution is 2.18. The topological polar surface area (TPSA) is 72.5 Å². The molecule has 0 aliphatic heterocycles. The van der Waals surface area contributed by atoms with Crippen LogP contribution in [0.3, 0.4) is 0 Å². The van der Waals surface area contributed by atoms with Crippen LogP contribution in [-0.4, -0.2) is 27.5 Å². The van der Waals surface area contributed by atoms with Gasteiger partial charge in [-0.15, -0.1) is 0 Å². The average Bonchev–Trinajstić information content (AvgIpc) is 2.36. The number of hydrogen-bond donors (Lipinski definition) is 1. The molecule has 0 saturated heterocycles. The zero-order valence-corrected chi connectivity index (χ0v) is 14.6. The molecule has 1 N–H and O–H groups in total. The van der Waals surface area contributed by atoms with E-state index in [-0.39, 0.29) is 10.8 Å². The molecule has 1 unspecified atom stereocenters. The second kappa shape index (κ2) is 7.37. The lowest BCUT2D eigenvalue weighted by molar-refractivity contribution is -0.143. The fourth-order valence-corrected chi connectivity index (χ4v) is 4.25. The Balaban J connectivity index is 3.03. The van der Waals surface area contributed by atoms with Crippen molar-refractivity contribution >= 4 is 38.6 Å². The third-order valence-electron chi connectivity index (χ3n) is 2.62. The van der Waals surface area contributed by atoms with Gasteiger partial charge in [-0.05, 0) is 47.1 Å². The third kappa shape index (κ3) is 4.71. The standard InChI is InChI=1S/C13H18INO4S/c1-9(2)8-11(13(16)19-3)15-20(17,18)12-7-5-4-6-10(12)14/h4-7,9,11,15H,8H2,1-3H3. The Hall–Kier alpha value is -0.670. The number of sulfonamides is 1. The van der Waals surface area contributed by atoms with Gasteiger partial charge in [0.05, 0.1) is 12.0 Å². The number of hydrogen-bond acceptors (Lipinski definition) is 4. The van der Waals surface area contributed by atoms with Gasteiger partial charge in [0, 0.05) is 3.57 Å². The van der Waals surface area contributed by atoms with Gasteiger partial charge in [-0.3, -0.25) is 4.79 Å². The van der Waals surface area contributed by atoms with Crippen LogP contribution in [0.15, 0.2) is 29.2 Å². The molecule has 20 heavy (non-hydrogen) atoms. The molecule has 0 bridgehead atoms. The predicted octanol–water partition coefficient (Wildman–Crippen LogP) is 2.16. The van der Waals surface area contributed by atoms with Crippen LogP contribution in [0.25, 0.3) is 0 Å². The lowest BCUT2D eigenvalue weighted by atomic mass is 10.1. The molecule has 0 aliphatic rings. The van der Waals surface area contributed by atoms with Gasteiger partial charge in [-0.1, -0.05) is 26.0 Å². The Morgan fingerprint density at radius 3 is 2.45 bits per heavy atom. The largest absolute Gasteiger partial charge is 0.468 e. The Morgan fingerprint density at radius 1 is 1.35 bits per heavy atom. The van der Waals surface area contributed by atoms with Crippen LogP contribution in [0.5, 0.6) is 0 Å². The minimum Gasteiger partial charge on any atom is -0.468 e. The highest BCUT2D eigenvalue weighted by Gasteiger charge is 2.28. The number of rotatable bonds is 6. The van der Waals surface area contributed by atoms with Gasteiger partial charge in [0.2, 0.25) is 10.0 Å². The molecule has 0 heterocycles. The van der Waals surface area contributed by atoms with Crippen molar-refractivity contribution in [2.24, 2.45) is 5.92 Å². The monoisotopic (exact) mass is 411 g/mol. The van der Waals surface area contributed by atoms with Gasteiger partial charge in [0.1, 0.15) is 6.04 Å². The molecule has 0 spiro atoms. The molecule has 0 fully saturated rings. The second-order valence-corrected chi connectivity index (χ2v) is 7.60. The number of benzene rings is 1. The summed E-state index contributed by atoms with van der Waals surface area (Å²) in [6, 6.07) is 5.73. The summed E-state index contributed by atoms with van der Waals surface area (Å²) in [4.78, 5) is 11.9. The Kier molecular flexibility index (Phi) is 6.41. The first kappa shape index (κ1) is 17.4. The van der Waals surface area contributed by atoms with Crippen LogP contribution in [-0.2, 0) is 19.6 Å². The molecule has 0 radical (unpaired) electrons. The van der Waals surface area contributed by atoms with Crippen LogP contribution < -0.4 is 4.72 Å². The minimum absolute atomic E-state index is 0.164. The molecule has 0 amide bonds. The van der Waals surface area contributed by atoms with Gasteiger partial charge in [0.25, 0.3) is 0 Å². The maximum absolute atomic E-state index is 12.3. The predicted molar refractivity (Wildman–Crippen MR) is 84.7 cm³/mol. The number of carbonyl (C=O) groups excluding carboxylic acids is 1. The van der Waals surface area contributed by atoms with Crippen molar-refractivity contribution in [3.05, 3.63) is 27.8 Å². The summed E-state index contributed by atoms with van der Waals surface area (Å²) < 4.78 is 32.4. The van der Waals surface area contributed by atoms with Crippen molar-refractivity contribution in [1.29, 1.82) is 0 Å². The van der Waals surface area contributed by atoms with Crippen LogP contribution in [0, 0.1) is 9.49 Å². The number of halogens is 1. The minimum atomic E-state index is -3.75. The molecule has 7 heteroatoms. The van der Waals surface area contributed by atoms with Crippen molar-refractivity contribution in [3.8, 4) is 0 Å². The first-order valence-corrected chi connectivity index (χ1v) is 8.68. The summed E-state index contributed by atoms with van der Waals surface area (Å²) in [6.45, 7) is 3.83. The van der Waals surface area contributed by atoms with E-state index < -0.39 is 22.0 Å². The van der Waals surface area contributed by atoms with Gasteiger partial charge < -0.3 is 4.74 Å². The molecular formula is C13H18INO4S. The van der Waals surface area contributed by atoms with E-state index in [2.05, 4.69) is 9.46 Å². The second-order valence-electron chi connectivity index (χ2n) is 4.76. The average molecular weight is 411 g/mol. The summed E-state index contributed by atoms with van der Waals surface area (Å²) in [7, 11) is -2.50. The first-order valence-electron chi connectivity index (χ1n) is 6.12. The van der Waals surface area contributed by atoms with E-state index in [1.807, 2.05) is 36.4 Å². The van der Waals surface area contributed by atoms with E-state index in [0.29, 0.717) is 9.99 Å². The number of esters is 1. The maximum atomic E-state index is 12.3. The van der Waals surface area contributed by atoms with E-state index >= 15 is 0 Å². The van der Waals surface area contributed by atoms with Gasteiger partial charge in [-0.2, -0.15) is 4.72 Å². The Labute approximate surface area is 133 Å². The van der Waals surface area contributed by atoms with Gasteiger partial charge in [0.15, 0.2) is 0 Å².